The number of hydrogen-bond donors (Lipinski definition) is 0. The molecule has 52 valence electrons. The molecule has 0 saturated heterocycles. The van der Waals surface area contributed by atoms with Gasteiger partial charge in [-0.15, -0.1) is 0 Å². The number of carbonyl (C=O) groups excluding carboxylic acids is 2. The van der Waals surface area contributed by atoms with Gasteiger partial charge in [0.15, 0.2) is 11.6 Å². The van der Waals surface area contributed by atoms with Crippen molar-refractivity contribution in [3.63, 3.8) is 0 Å². The molecule has 9 heavy (non-hydrogen) atoms. The molecule has 0 saturated carbocycles. The second-order valence-electron chi connectivity index (χ2n) is 1.73. The van der Waals surface area contributed by atoms with E-state index >= 15 is 0 Å². The average Bonchev–Trinajstić information content (AvgIpc) is 1.67. The Hall–Kier alpha value is -0.0106. The predicted molar refractivity (Wildman–Crippen MR) is 30.6 cm³/mol. The van der Waals surface area contributed by atoms with Crippen LogP contribution in [0.1, 0.15) is 26.7 Å². The van der Waals surface area contributed by atoms with E-state index in [2.05, 4.69) is 0 Å². The van der Waals surface area contributed by atoms with Crippen LogP contribution in [0.4, 0.5) is 0 Å². The first kappa shape index (κ1) is 11.7. The summed E-state index contributed by atoms with van der Waals surface area (Å²) < 4.78 is 0. The van der Waals surface area contributed by atoms with Gasteiger partial charge in [-0.05, 0) is 6.42 Å². The maximum Gasteiger partial charge on any atom is 3.00 e. The van der Waals surface area contributed by atoms with Crippen molar-refractivity contribution in [1.29, 1.82) is 0 Å². The predicted octanol–water partition coefficient (Wildman–Crippen LogP) is 0.942. The molecule has 0 rings (SSSR count). The minimum absolute atomic E-state index is 0. The summed E-state index contributed by atoms with van der Waals surface area (Å²) in [5.41, 5.74) is 0. The topological polar surface area (TPSA) is 34.1 Å². The van der Waals surface area contributed by atoms with E-state index in [1.54, 1.807) is 0 Å². The van der Waals surface area contributed by atoms with Gasteiger partial charge in [0, 0.05) is 13.3 Å². The molecule has 0 heterocycles. The molecule has 0 fully saturated rings. The van der Waals surface area contributed by atoms with Crippen LogP contribution in [0.3, 0.4) is 0 Å². The van der Waals surface area contributed by atoms with Crippen molar-refractivity contribution in [2.75, 3.05) is 0 Å². The molecule has 0 aliphatic heterocycles. The number of hydrogen-bond acceptors (Lipinski definition) is 2. The van der Waals surface area contributed by atoms with Gasteiger partial charge in [0.2, 0.25) is 0 Å². The molecule has 0 atom stereocenters. The largest absolute Gasteiger partial charge is 3.00 e. The summed E-state index contributed by atoms with van der Waals surface area (Å²) in [6, 6.07) is 0. The first-order chi connectivity index (χ1) is 3.68. The molecule has 0 aliphatic rings. The van der Waals surface area contributed by atoms with Gasteiger partial charge in [-0.1, -0.05) is 6.92 Å². The summed E-state index contributed by atoms with van der Waals surface area (Å²) in [6.07, 6.45) is 1.16. The van der Waals surface area contributed by atoms with E-state index in [4.69, 9.17) is 0 Å². The van der Waals surface area contributed by atoms with Crippen molar-refractivity contribution in [2.24, 2.45) is 0 Å². The minimum Gasteiger partial charge on any atom is -0.291 e. The van der Waals surface area contributed by atoms with Gasteiger partial charge < -0.3 is 0 Å². The van der Waals surface area contributed by atoms with Gasteiger partial charge in [0.1, 0.15) is 0 Å². The van der Waals surface area contributed by atoms with Crippen LogP contribution in [0.5, 0.6) is 0 Å². The van der Waals surface area contributed by atoms with Crippen molar-refractivity contribution in [3.05, 3.63) is 0 Å². The van der Waals surface area contributed by atoms with E-state index in [1.807, 2.05) is 6.92 Å². The maximum atomic E-state index is 10.4. The van der Waals surface area contributed by atoms with E-state index < -0.39 is 0 Å². The zero-order valence-corrected chi connectivity index (χ0v) is 7.96. The summed E-state index contributed by atoms with van der Waals surface area (Å²) >= 11 is 0. The van der Waals surface area contributed by atoms with Gasteiger partial charge in [-0.3, -0.25) is 9.59 Å². The third kappa shape index (κ3) is 5.87. The quantitative estimate of drug-likeness (QED) is 0.727. The molecule has 0 aliphatic carbocycles. The Morgan fingerprint density at radius 1 is 1.33 bits per heavy atom. The van der Waals surface area contributed by atoms with E-state index in [1.165, 1.54) is 6.92 Å². The van der Waals surface area contributed by atoms with E-state index in [0.29, 0.717) is 6.42 Å². The summed E-state index contributed by atoms with van der Waals surface area (Å²) in [5, 5.41) is 0. The number of ketones is 2. The Bertz CT molecular complexity index is 110. The molecular formula is C6H10IrO2+3. The van der Waals surface area contributed by atoms with Crippen LogP contribution < -0.4 is 0 Å². The molecule has 0 aromatic rings. The van der Waals surface area contributed by atoms with Crippen LogP contribution in [0.15, 0.2) is 0 Å². The normalized spacial score (nSPS) is 7.78. The second kappa shape index (κ2) is 6.11. The maximum absolute atomic E-state index is 10.4. The van der Waals surface area contributed by atoms with Crippen molar-refractivity contribution in [3.8, 4) is 0 Å². The Labute approximate surface area is 68.4 Å². The molecule has 0 N–H and O–H groups in total. The molecule has 0 aromatic carbocycles. The zero-order chi connectivity index (χ0) is 6.57. The molecule has 3 heteroatoms. The molecule has 0 spiro atoms. The van der Waals surface area contributed by atoms with Crippen molar-refractivity contribution in [1.82, 2.24) is 0 Å². The smallest absolute Gasteiger partial charge is 0.291 e. The van der Waals surface area contributed by atoms with Crippen LogP contribution in [-0.4, -0.2) is 11.6 Å². The zero-order valence-electron chi connectivity index (χ0n) is 5.56. The standard InChI is InChI=1S/C6H10O2.Ir/c1-3-4-6(8)5(2)7;/h3-4H2,1-2H3;/q;+3. The van der Waals surface area contributed by atoms with Gasteiger partial charge in [-0.25, -0.2) is 0 Å². The van der Waals surface area contributed by atoms with Crippen LogP contribution in [0.2, 0.25) is 0 Å². The minimum atomic E-state index is -0.327. The van der Waals surface area contributed by atoms with Crippen LogP contribution in [0.25, 0.3) is 0 Å². The van der Waals surface area contributed by atoms with Crippen molar-refractivity contribution < 1.29 is 29.7 Å². The summed E-state index contributed by atoms with van der Waals surface area (Å²) in [5.74, 6) is -0.584. The molecule has 0 bridgehead atoms. The van der Waals surface area contributed by atoms with Crippen LogP contribution >= 0.6 is 0 Å². The fourth-order valence-corrected chi connectivity index (χ4v) is 0.403. The van der Waals surface area contributed by atoms with E-state index in [9.17, 15) is 9.59 Å². The fraction of sp³-hybridized carbons (Fsp3) is 0.667. The number of rotatable bonds is 3. The first-order valence-electron chi connectivity index (χ1n) is 2.72. The first-order valence-corrected chi connectivity index (χ1v) is 2.72. The van der Waals surface area contributed by atoms with Gasteiger partial charge in [-0.2, -0.15) is 0 Å². The Kier molecular flexibility index (Phi) is 7.98. The van der Waals surface area contributed by atoms with Gasteiger partial charge >= 0.3 is 20.1 Å². The van der Waals surface area contributed by atoms with E-state index in [-0.39, 0.29) is 31.7 Å². The monoisotopic (exact) mass is 307 g/mol. The molecule has 0 radical (unpaired) electrons. The Morgan fingerprint density at radius 3 is 1.89 bits per heavy atom. The SMILES string of the molecule is CCCC(=O)C(C)=O.[Ir+3]. The van der Waals surface area contributed by atoms with Crippen molar-refractivity contribution in [2.45, 2.75) is 26.7 Å². The Morgan fingerprint density at radius 2 is 1.78 bits per heavy atom. The average molecular weight is 306 g/mol. The third-order valence-electron chi connectivity index (χ3n) is 0.870. The fourth-order valence-electron chi connectivity index (χ4n) is 0.403. The summed E-state index contributed by atoms with van der Waals surface area (Å²) in [4.78, 5) is 20.6. The molecular weight excluding hydrogens is 296 g/mol. The van der Waals surface area contributed by atoms with E-state index in [0.717, 1.165) is 6.42 Å². The second-order valence-corrected chi connectivity index (χ2v) is 1.73. The van der Waals surface area contributed by atoms with Gasteiger partial charge in [0.05, 0.1) is 0 Å². The molecule has 0 unspecified atom stereocenters. The van der Waals surface area contributed by atoms with Crippen LogP contribution in [-0.2, 0) is 29.7 Å². The number of Topliss-reactive ketones (excluding diaryl/α,β-unsaturated/α-hetero) is 2. The molecule has 0 aromatic heterocycles. The summed E-state index contributed by atoms with van der Waals surface area (Å²) in [6.45, 7) is 3.18. The van der Waals surface area contributed by atoms with Crippen LogP contribution in [0, 0.1) is 0 Å². The number of carbonyl (C=O) groups is 2. The third-order valence-corrected chi connectivity index (χ3v) is 0.870. The van der Waals surface area contributed by atoms with Gasteiger partial charge in [0.25, 0.3) is 0 Å². The van der Waals surface area contributed by atoms with Crippen molar-refractivity contribution >= 4 is 11.6 Å². The molecule has 2 nitrogen and oxygen atoms in total. The molecule has 0 amide bonds. The Balaban J connectivity index is 0. The summed E-state index contributed by atoms with van der Waals surface area (Å²) in [7, 11) is 0.